The zero-order valence-corrected chi connectivity index (χ0v) is 15.9. The predicted molar refractivity (Wildman–Crippen MR) is 97.4 cm³/mol. The van der Waals surface area contributed by atoms with Gasteiger partial charge in [-0.2, -0.15) is 0 Å². The largest absolute Gasteiger partial charge is 0.573 e. The lowest BCUT2D eigenvalue weighted by Crippen LogP contribution is -2.27. The van der Waals surface area contributed by atoms with Crippen LogP contribution in [0.15, 0.2) is 53.0 Å². The van der Waals surface area contributed by atoms with Crippen LogP contribution in [0.5, 0.6) is 5.75 Å². The zero-order chi connectivity index (χ0) is 20.0. The number of ketones is 1. The second-order valence-electron chi connectivity index (χ2n) is 5.84. The maximum Gasteiger partial charge on any atom is 0.573 e. The number of benzene rings is 2. The number of halogens is 4. The van der Waals surface area contributed by atoms with E-state index >= 15 is 0 Å². The van der Waals surface area contributed by atoms with E-state index < -0.39 is 12.4 Å². The summed E-state index contributed by atoms with van der Waals surface area (Å²) in [6, 6.07) is 11.7. The van der Waals surface area contributed by atoms with Gasteiger partial charge in [0.25, 0.3) is 0 Å². The lowest BCUT2D eigenvalue weighted by Gasteiger charge is -2.15. The molecule has 0 saturated carbocycles. The molecule has 2 aromatic rings. The van der Waals surface area contributed by atoms with Crippen molar-refractivity contribution in [2.45, 2.75) is 32.2 Å². The third-order valence-electron chi connectivity index (χ3n) is 3.74. The van der Waals surface area contributed by atoms with Crippen molar-refractivity contribution >= 4 is 27.6 Å². The van der Waals surface area contributed by atoms with Crippen molar-refractivity contribution in [3.05, 3.63) is 64.1 Å². The minimum atomic E-state index is -4.75. The molecule has 0 aromatic heterocycles. The molecule has 0 fully saturated rings. The number of nitrogens with one attached hydrogen (secondary N) is 1. The predicted octanol–water partition coefficient (Wildman–Crippen LogP) is 5.19. The smallest absolute Gasteiger partial charge is 0.406 e. The normalized spacial score (nSPS) is 12.3. The van der Waals surface area contributed by atoms with Crippen molar-refractivity contribution in [2.24, 2.45) is 0 Å². The molecule has 144 valence electrons. The molecule has 0 aliphatic carbocycles. The lowest BCUT2D eigenvalue weighted by molar-refractivity contribution is -0.274. The van der Waals surface area contributed by atoms with E-state index in [9.17, 15) is 22.8 Å². The standard InChI is InChI=1S/C19H17BrF3NO3/c1-12(13-4-8-16(9-5-13)27-19(21,22)23)24-18(26)11-10-17(25)14-2-6-15(20)7-3-14/h2-9,12H,10-11H2,1H3,(H,24,26). The van der Waals surface area contributed by atoms with Crippen LogP contribution in [-0.2, 0) is 4.79 Å². The molecule has 2 rings (SSSR count). The Hall–Kier alpha value is -2.35. The van der Waals surface area contributed by atoms with Crippen LogP contribution in [0, 0.1) is 0 Å². The summed E-state index contributed by atoms with van der Waals surface area (Å²) in [5.41, 5.74) is 1.15. The second-order valence-corrected chi connectivity index (χ2v) is 6.75. The van der Waals surface area contributed by atoms with Crippen molar-refractivity contribution in [2.75, 3.05) is 0 Å². The summed E-state index contributed by atoms with van der Waals surface area (Å²) in [5.74, 6) is -0.785. The van der Waals surface area contributed by atoms with Gasteiger partial charge in [0, 0.05) is 22.9 Å². The fourth-order valence-corrected chi connectivity index (χ4v) is 2.63. The minimum absolute atomic E-state index is 0.0223. The first-order valence-electron chi connectivity index (χ1n) is 8.08. The van der Waals surface area contributed by atoms with Gasteiger partial charge in [0.15, 0.2) is 5.78 Å². The van der Waals surface area contributed by atoms with Gasteiger partial charge in [-0.25, -0.2) is 0 Å². The third kappa shape index (κ3) is 7.05. The van der Waals surface area contributed by atoms with Crippen LogP contribution in [0.1, 0.15) is 41.7 Å². The molecule has 0 bridgehead atoms. The molecule has 27 heavy (non-hydrogen) atoms. The van der Waals surface area contributed by atoms with Gasteiger partial charge >= 0.3 is 6.36 Å². The summed E-state index contributed by atoms with van der Waals surface area (Å²) in [4.78, 5) is 24.1. The van der Waals surface area contributed by atoms with Gasteiger partial charge in [-0.3, -0.25) is 9.59 Å². The Balaban J connectivity index is 1.84. The third-order valence-corrected chi connectivity index (χ3v) is 4.27. The van der Waals surface area contributed by atoms with E-state index in [2.05, 4.69) is 26.0 Å². The molecule has 1 N–H and O–H groups in total. The van der Waals surface area contributed by atoms with E-state index in [1.165, 1.54) is 24.3 Å². The molecule has 1 unspecified atom stereocenters. The first-order chi connectivity index (χ1) is 12.6. The van der Waals surface area contributed by atoms with Gasteiger partial charge in [-0.05, 0) is 36.8 Å². The zero-order valence-electron chi connectivity index (χ0n) is 14.3. The minimum Gasteiger partial charge on any atom is -0.406 e. The molecule has 8 heteroatoms. The molecule has 0 radical (unpaired) electrons. The first kappa shape index (κ1) is 21.0. The molecule has 1 amide bonds. The number of hydrogen-bond acceptors (Lipinski definition) is 3. The molecular formula is C19H17BrF3NO3. The molecule has 0 aliphatic rings. The van der Waals surface area contributed by atoms with Crippen LogP contribution in [0.3, 0.4) is 0 Å². The number of amides is 1. The Labute approximate surface area is 162 Å². The Morgan fingerprint density at radius 2 is 1.63 bits per heavy atom. The average molecular weight is 444 g/mol. The van der Waals surface area contributed by atoms with E-state index in [4.69, 9.17) is 0 Å². The highest BCUT2D eigenvalue weighted by Gasteiger charge is 2.31. The molecule has 0 saturated heterocycles. The van der Waals surface area contributed by atoms with Gasteiger partial charge in [0.05, 0.1) is 6.04 Å². The summed E-state index contributed by atoms with van der Waals surface area (Å²) in [6.07, 6.45) is -4.66. The molecule has 0 heterocycles. The van der Waals surface area contributed by atoms with E-state index in [0.29, 0.717) is 11.1 Å². The summed E-state index contributed by atoms with van der Waals surface area (Å²) < 4.78 is 41.1. The van der Waals surface area contributed by atoms with Crippen molar-refractivity contribution in [3.63, 3.8) is 0 Å². The Morgan fingerprint density at radius 3 is 2.19 bits per heavy atom. The molecule has 2 aromatic carbocycles. The summed E-state index contributed by atoms with van der Waals surface area (Å²) >= 11 is 3.29. The van der Waals surface area contributed by atoms with Crippen LogP contribution >= 0.6 is 15.9 Å². The van der Waals surface area contributed by atoms with Crippen molar-refractivity contribution < 1.29 is 27.5 Å². The van der Waals surface area contributed by atoms with E-state index in [1.807, 2.05) is 0 Å². The van der Waals surface area contributed by atoms with E-state index in [0.717, 1.165) is 4.47 Å². The van der Waals surface area contributed by atoms with Crippen LogP contribution in [-0.4, -0.2) is 18.1 Å². The van der Waals surface area contributed by atoms with Gasteiger partial charge in [0.2, 0.25) is 5.91 Å². The lowest BCUT2D eigenvalue weighted by atomic mass is 10.1. The fraction of sp³-hybridized carbons (Fsp3) is 0.263. The van der Waals surface area contributed by atoms with Crippen molar-refractivity contribution in [1.82, 2.24) is 5.32 Å². The molecule has 4 nitrogen and oxygen atoms in total. The maximum absolute atomic E-state index is 12.2. The van der Waals surface area contributed by atoms with Gasteiger partial charge in [0.1, 0.15) is 5.75 Å². The van der Waals surface area contributed by atoms with Crippen LogP contribution < -0.4 is 10.1 Å². The topological polar surface area (TPSA) is 55.4 Å². The van der Waals surface area contributed by atoms with Crippen LogP contribution in [0.2, 0.25) is 0 Å². The quantitative estimate of drug-likeness (QED) is 0.599. The van der Waals surface area contributed by atoms with Crippen LogP contribution in [0.25, 0.3) is 0 Å². The van der Waals surface area contributed by atoms with Crippen LogP contribution in [0.4, 0.5) is 13.2 Å². The van der Waals surface area contributed by atoms with Gasteiger partial charge in [-0.1, -0.05) is 40.2 Å². The highest BCUT2D eigenvalue weighted by molar-refractivity contribution is 9.10. The number of alkyl halides is 3. The van der Waals surface area contributed by atoms with Crippen molar-refractivity contribution in [1.29, 1.82) is 0 Å². The Kier molecular flexibility index (Phi) is 7.01. The number of carbonyl (C=O) groups excluding carboxylic acids is 2. The fourth-order valence-electron chi connectivity index (χ4n) is 2.36. The molecule has 1 atom stereocenters. The number of carbonyl (C=O) groups is 2. The molecular weight excluding hydrogens is 427 g/mol. The number of Topliss-reactive ketones (excluding diaryl/α,β-unsaturated/α-hetero) is 1. The van der Waals surface area contributed by atoms with E-state index in [-0.39, 0.29) is 30.3 Å². The van der Waals surface area contributed by atoms with Gasteiger partial charge in [-0.15, -0.1) is 13.2 Å². The Bertz CT molecular complexity index is 789. The first-order valence-corrected chi connectivity index (χ1v) is 8.87. The maximum atomic E-state index is 12.2. The summed E-state index contributed by atoms with van der Waals surface area (Å²) in [7, 11) is 0. The van der Waals surface area contributed by atoms with E-state index in [1.54, 1.807) is 31.2 Å². The highest BCUT2D eigenvalue weighted by atomic mass is 79.9. The van der Waals surface area contributed by atoms with Gasteiger partial charge < -0.3 is 10.1 Å². The number of hydrogen-bond donors (Lipinski definition) is 1. The Morgan fingerprint density at radius 1 is 1.04 bits per heavy atom. The number of ether oxygens (including phenoxy) is 1. The summed E-state index contributed by atoms with van der Waals surface area (Å²) in [5, 5.41) is 2.72. The average Bonchev–Trinajstić information content (AvgIpc) is 2.59. The highest BCUT2D eigenvalue weighted by Crippen LogP contribution is 2.24. The molecule has 0 spiro atoms. The summed E-state index contributed by atoms with van der Waals surface area (Å²) in [6.45, 7) is 1.70. The SMILES string of the molecule is CC(NC(=O)CCC(=O)c1ccc(Br)cc1)c1ccc(OC(F)(F)F)cc1. The number of rotatable bonds is 7. The van der Waals surface area contributed by atoms with Crippen molar-refractivity contribution in [3.8, 4) is 5.75 Å². The second kappa shape index (κ2) is 9.03. The molecule has 0 aliphatic heterocycles. The monoisotopic (exact) mass is 443 g/mol.